The third-order valence-electron chi connectivity index (χ3n) is 5.74. The van der Waals surface area contributed by atoms with E-state index in [0.29, 0.717) is 12.4 Å². The van der Waals surface area contributed by atoms with Crippen LogP contribution < -0.4 is 9.80 Å². The molecule has 3 heterocycles. The number of aryl methyl sites for hydroxylation is 1. The summed E-state index contributed by atoms with van der Waals surface area (Å²) in [5.74, 6) is 1.58. The molecular formula is C21H27N6O+. The summed E-state index contributed by atoms with van der Waals surface area (Å²) in [6.07, 6.45) is 4.21. The van der Waals surface area contributed by atoms with Gasteiger partial charge in [0.1, 0.15) is 24.0 Å². The molecule has 0 aliphatic carbocycles. The smallest absolute Gasteiger partial charge is 0.178 e. The molecule has 2 aromatic rings. The molecule has 0 radical (unpaired) electrons. The van der Waals surface area contributed by atoms with Crippen molar-refractivity contribution < 1.29 is 10.0 Å². The molecule has 0 amide bonds. The number of allylic oxidation sites excluding steroid dienone is 1. The summed E-state index contributed by atoms with van der Waals surface area (Å²) in [5.41, 5.74) is 1.52. The van der Waals surface area contributed by atoms with Crippen molar-refractivity contribution in [1.82, 2.24) is 14.8 Å². The molecule has 0 atom stereocenters. The highest BCUT2D eigenvalue weighted by Crippen LogP contribution is 2.20. The van der Waals surface area contributed by atoms with E-state index in [1.54, 1.807) is 0 Å². The normalized spacial score (nSPS) is 18.8. The van der Waals surface area contributed by atoms with Crippen molar-refractivity contribution in [3.63, 3.8) is 0 Å². The van der Waals surface area contributed by atoms with E-state index in [0.717, 1.165) is 64.2 Å². The molecule has 2 N–H and O–H groups in total. The van der Waals surface area contributed by atoms with Gasteiger partial charge >= 0.3 is 0 Å². The van der Waals surface area contributed by atoms with Gasteiger partial charge in [-0.25, -0.2) is 0 Å². The van der Waals surface area contributed by atoms with E-state index >= 15 is 0 Å². The Morgan fingerprint density at radius 1 is 1.07 bits per heavy atom. The van der Waals surface area contributed by atoms with Crippen LogP contribution in [0.4, 0.5) is 5.69 Å². The molecule has 2 aliphatic heterocycles. The van der Waals surface area contributed by atoms with Crippen LogP contribution in [0.3, 0.4) is 0 Å². The number of aliphatic hydroxyl groups excluding tert-OH is 1. The number of rotatable bonds is 4. The van der Waals surface area contributed by atoms with Crippen LogP contribution in [-0.4, -0.2) is 52.6 Å². The first-order valence-corrected chi connectivity index (χ1v) is 10.1. The lowest BCUT2D eigenvalue weighted by atomic mass is 10.2. The highest BCUT2D eigenvalue weighted by atomic mass is 16.3. The van der Waals surface area contributed by atoms with Gasteiger partial charge in [-0.05, 0) is 25.0 Å². The topological polar surface area (TPSA) is 82.4 Å². The van der Waals surface area contributed by atoms with Gasteiger partial charge < -0.3 is 19.5 Å². The first-order chi connectivity index (χ1) is 13.8. The molecule has 1 aromatic heterocycles. The maximum absolute atomic E-state index is 10.7. The maximum atomic E-state index is 10.7. The fraction of sp³-hybridized carbons (Fsp3) is 0.476. The second-order valence-electron chi connectivity index (χ2n) is 7.59. The van der Waals surface area contributed by atoms with Crippen molar-refractivity contribution in [2.75, 3.05) is 37.6 Å². The first kappa shape index (κ1) is 18.5. The van der Waals surface area contributed by atoms with Crippen LogP contribution in [-0.2, 0) is 13.0 Å². The van der Waals surface area contributed by atoms with Gasteiger partial charge in [-0.1, -0.05) is 24.6 Å². The predicted molar refractivity (Wildman–Crippen MR) is 107 cm³/mol. The number of anilines is 1. The monoisotopic (exact) mass is 379 g/mol. The molecule has 28 heavy (non-hydrogen) atoms. The van der Waals surface area contributed by atoms with Gasteiger partial charge in [-0.3, -0.25) is 0 Å². The molecule has 4 rings (SSSR count). The Kier molecular flexibility index (Phi) is 5.58. The minimum Gasteiger partial charge on any atom is -0.506 e. The van der Waals surface area contributed by atoms with Crippen LogP contribution in [0, 0.1) is 11.3 Å². The lowest BCUT2D eigenvalue weighted by Gasteiger charge is -2.33. The molecule has 7 heteroatoms. The summed E-state index contributed by atoms with van der Waals surface area (Å²) in [6, 6.07) is 12.6. The van der Waals surface area contributed by atoms with Crippen LogP contribution in [0.5, 0.6) is 0 Å². The number of aromatic nitrogens is 3. The summed E-state index contributed by atoms with van der Waals surface area (Å²) in [6.45, 7) is 5.00. The Bertz CT molecular complexity index is 874. The largest absolute Gasteiger partial charge is 0.506 e. The van der Waals surface area contributed by atoms with E-state index in [2.05, 4.69) is 45.4 Å². The average molecular weight is 379 g/mol. The third-order valence-corrected chi connectivity index (χ3v) is 5.74. The SMILES string of the molecule is N#C/C(=C(/O)C[NH+]1CCN(c2ccccc2)CC1)c1nnc2n1CCCCC2. The molecule has 7 nitrogen and oxygen atoms in total. The summed E-state index contributed by atoms with van der Waals surface area (Å²) in [5, 5.41) is 28.9. The molecule has 1 aromatic carbocycles. The highest BCUT2D eigenvalue weighted by Gasteiger charge is 2.25. The average Bonchev–Trinajstić information content (AvgIpc) is 2.97. The number of nitrogens with one attached hydrogen (secondary N) is 1. The Hall–Kier alpha value is -2.85. The highest BCUT2D eigenvalue weighted by molar-refractivity contribution is 5.74. The third kappa shape index (κ3) is 3.87. The Labute approximate surface area is 165 Å². The van der Waals surface area contributed by atoms with Crippen molar-refractivity contribution in [2.45, 2.75) is 32.2 Å². The molecule has 146 valence electrons. The fourth-order valence-corrected chi connectivity index (χ4v) is 4.14. The number of aliphatic hydroxyl groups is 1. The number of hydrogen-bond donors (Lipinski definition) is 2. The molecule has 0 saturated carbocycles. The first-order valence-electron chi connectivity index (χ1n) is 10.1. The molecule has 0 spiro atoms. The van der Waals surface area contributed by atoms with Crippen LogP contribution in [0.2, 0.25) is 0 Å². The predicted octanol–water partition coefficient (Wildman–Crippen LogP) is 1.20. The van der Waals surface area contributed by atoms with Crippen LogP contribution in [0.25, 0.3) is 5.57 Å². The van der Waals surface area contributed by atoms with Gasteiger partial charge in [0.2, 0.25) is 0 Å². The number of benzene rings is 1. The number of nitrogens with zero attached hydrogens (tertiary/aromatic N) is 5. The van der Waals surface area contributed by atoms with E-state index in [-0.39, 0.29) is 11.3 Å². The zero-order valence-electron chi connectivity index (χ0n) is 16.1. The minimum atomic E-state index is 0.130. The van der Waals surface area contributed by atoms with Crippen molar-refractivity contribution in [3.05, 3.63) is 47.7 Å². The van der Waals surface area contributed by atoms with Gasteiger partial charge in [0.25, 0.3) is 0 Å². The Balaban J connectivity index is 1.45. The van der Waals surface area contributed by atoms with Crippen LogP contribution in [0.15, 0.2) is 36.1 Å². The quantitative estimate of drug-likeness (QED) is 0.616. The van der Waals surface area contributed by atoms with Gasteiger partial charge in [0.05, 0.1) is 26.2 Å². The fourth-order valence-electron chi connectivity index (χ4n) is 4.14. The van der Waals surface area contributed by atoms with E-state index in [1.165, 1.54) is 10.6 Å². The lowest BCUT2D eigenvalue weighted by Crippen LogP contribution is -3.15. The van der Waals surface area contributed by atoms with Crippen LogP contribution >= 0.6 is 0 Å². The van der Waals surface area contributed by atoms with E-state index in [4.69, 9.17) is 0 Å². The number of nitriles is 1. The number of hydrogen-bond acceptors (Lipinski definition) is 5. The van der Waals surface area contributed by atoms with Gasteiger partial charge in [0, 0.05) is 18.7 Å². The molecule has 1 fully saturated rings. The maximum Gasteiger partial charge on any atom is 0.178 e. The molecule has 0 bridgehead atoms. The zero-order valence-corrected chi connectivity index (χ0v) is 16.1. The molecule has 0 unspecified atom stereocenters. The summed E-state index contributed by atoms with van der Waals surface area (Å²) in [4.78, 5) is 3.65. The second-order valence-corrected chi connectivity index (χ2v) is 7.59. The van der Waals surface area contributed by atoms with Crippen molar-refractivity contribution in [2.24, 2.45) is 0 Å². The van der Waals surface area contributed by atoms with Gasteiger partial charge in [-0.15, -0.1) is 10.2 Å². The van der Waals surface area contributed by atoms with Crippen molar-refractivity contribution >= 4 is 11.3 Å². The van der Waals surface area contributed by atoms with Gasteiger partial charge in [-0.2, -0.15) is 5.26 Å². The van der Waals surface area contributed by atoms with E-state index in [1.807, 2.05) is 10.6 Å². The van der Waals surface area contributed by atoms with Crippen LogP contribution in [0.1, 0.15) is 30.9 Å². The zero-order chi connectivity index (χ0) is 19.3. The standard InChI is InChI=1S/C21H26N6O/c22-15-18(21-24-23-20-9-5-2-6-10-27(20)21)19(28)16-25-11-13-26(14-12-25)17-7-3-1-4-8-17/h1,3-4,7-8,28H,2,5-6,9-14,16H2/p+1/b19-18-. The molecule has 1 saturated heterocycles. The summed E-state index contributed by atoms with van der Waals surface area (Å²) in [7, 11) is 0. The van der Waals surface area contributed by atoms with Crippen molar-refractivity contribution in [3.8, 4) is 6.07 Å². The lowest BCUT2D eigenvalue weighted by molar-refractivity contribution is -0.897. The molecular weight excluding hydrogens is 352 g/mol. The summed E-state index contributed by atoms with van der Waals surface area (Å²) >= 11 is 0. The number of fused-ring (bicyclic) bond motifs is 1. The number of quaternary nitrogens is 1. The second kappa shape index (κ2) is 8.44. The van der Waals surface area contributed by atoms with Crippen molar-refractivity contribution in [1.29, 1.82) is 5.26 Å². The number of para-hydroxylation sites is 1. The number of piperazine rings is 1. The molecule has 2 aliphatic rings. The van der Waals surface area contributed by atoms with Gasteiger partial charge in [0.15, 0.2) is 11.6 Å². The minimum absolute atomic E-state index is 0.130. The van der Waals surface area contributed by atoms with E-state index < -0.39 is 0 Å². The van der Waals surface area contributed by atoms with E-state index in [9.17, 15) is 10.4 Å². The summed E-state index contributed by atoms with van der Waals surface area (Å²) < 4.78 is 2.02. The Morgan fingerprint density at radius 2 is 1.86 bits per heavy atom. The Morgan fingerprint density at radius 3 is 2.61 bits per heavy atom.